The van der Waals surface area contributed by atoms with Crippen LogP contribution in [0.25, 0.3) is 22.4 Å². The number of nitrogens with one attached hydrogen (secondary N) is 1. The maximum Gasteiger partial charge on any atom is 0.203 e. The van der Waals surface area contributed by atoms with Gasteiger partial charge in [-0.05, 0) is 60.0 Å². The van der Waals surface area contributed by atoms with Crippen molar-refractivity contribution >= 4 is 17.2 Å². The number of nitrogen functional groups attached to an aromatic ring is 1. The minimum Gasteiger partial charge on any atom is -0.493 e. The van der Waals surface area contributed by atoms with Gasteiger partial charge in [0, 0.05) is 22.5 Å². The van der Waals surface area contributed by atoms with Crippen LogP contribution < -0.4 is 25.3 Å². The zero-order valence-electron chi connectivity index (χ0n) is 20.8. The number of nitrogens with two attached hydrogens (primary N) is 1. The van der Waals surface area contributed by atoms with Crippen LogP contribution >= 0.6 is 0 Å². The van der Waals surface area contributed by atoms with E-state index in [2.05, 4.69) is 47.6 Å². The highest BCUT2D eigenvalue weighted by atomic mass is 16.5. The smallest absolute Gasteiger partial charge is 0.203 e. The van der Waals surface area contributed by atoms with Crippen LogP contribution in [0, 0.1) is 11.3 Å². The minimum absolute atomic E-state index is 0.150. The van der Waals surface area contributed by atoms with E-state index in [0.29, 0.717) is 34.1 Å². The van der Waals surface area contributed by atoms with Crippen LogP contribution in [-0.2, 0) is 6.42 Å². The van der Waals surface area contributed by atoms with Crippen LogP contribution in [0.15, 0.2) is 66.7 Å². The van der Waals surface area contributed by atoms with E-state index in [1.54, 1.807) is 33.5 Å². The largest absolute Gasteiger partial charge is 0.493 e. The first-order chi connectivity index (χ1) is 17.5. The van der Waals surface area contributed by atoms with E-state index in [0.717, 1.165) is 28.9 Å². The molecule has 36 heavy (non-hydrogen) atoms. The zero-order valence-corrected chi connectivity index (χ0v) is 20.8. The van der Waals surface area contributed by atoms with Gasteiger partial charge in [0.2, 0.25) is 5.75 Å². The van der Waals surface area contributed by atoms with Crippen LogP contribution in [-0.4, -0.2) is 26.3 Å². The van der Waals surface area contributed by atoms with Crippen molar-refractivity contribution < 1.29 is 14.2 Å². The Kier molecular flexibility index (Phi) is 7.26. The highest BCUT2D eigenvalue weighted by molar-refractivity contribution is 5.82. The summed E-state index contributed by atoms with van der Waals surface area (Å²) < 4.78 is 16.4. The normalized spacial score (nSPS) is 10.4. The number of aryl methyl sites for hydroxylation is 1. The Balaban J connectivity index is 1.72. The summed E-state index contributed by atoms with van der Waals surface area (Å²) in [5.41, 5.74) is 12.6. The van der Waals surface area contributed by atoms with Gasteiger partial charge in [-0.25, -0.2) is 4.98 Å². The number of nitriles is 1. The van der Waals surface area contributed by atoms with Gasteiger partial charge in [0.15, 0.2) is 11.5 Å². The van der Waals surface area contributed by atoms with Crippen molar-refractivity contribution in [2.24, 2.45) is 0 Å². The third-order valence-corrected chi connectivity index (χ3v) is 5.97. The van der Waals surface area contributed by atoms with Crippen molar-refractivity contribution in [1.82, 2.24) is 4.98 Å². The Morgan fingerprint density at radius 2 is 1.42 bits per heavy atom. The summed E-state index contributed by atoms with van der Waals surface area (Å²) in [5, 5.41) is 13.2. The molecule has 0 saturated carbocycles. The van der Waals surface area contributed by atoms with Gasteiger partial charge in [0.05, 0.1) is 27.0 Å². The van der Waals surface area contributed by atoms with Crippen LogP contribution in [0.2, 0.25) is 0 Å². The standard InChI is InChI=1S/C29H28N4O3/c1-5-18-6-10-21(11-7-18)32-22-12-8-19(9-13-22)23-16-25(33-29(31)24(23)17-30)20-14-26(34-2)28(36-4)27(15-20)35-3/h6-16,32H,5H2,1-4H3,(H2,31,33). The van der Waals surface area contributed by atoms with Crippen LogP contribution in [0.1, 0.15) is 18.1 Å². The molecule has 1 aromatic heterocycles. The molecular formula is C29H28N4O3. The number of aromatic nitrogens is 1. The van der Waals surface area contributed by atoms with E-state index < -0.39 is 0 Å². The Bertz CT molecular complexity index is 1380. The molecule has 0 aliphatic rings. The third kappa shape index (κ3) is 4.89. The summed E-state index contributed by atoms with van der Waals surface area (Å²) in [7, 11) is 4.66. The molecule has 0 aliphatic heterocycles. The second-order valence-corrected chi connectivity index (χ2v) is 8.09. The van der Waals surface area contributed by atoms with Gasteiger partial charge in [0.25, 0.3) is 0 Å². The predicted molar refractivity (Wildman–Crippen MR) is 143 cm³/mol. The van der Waals surface area contributed by atoms with Crippen LogP contribution in [0.5, 0.6) is 17.2 Å². The molecule has 182 valence electrons. The number of methoxy groups -OCH3 is 3. The van der Waals surface area contributed by atoms with E-state index in [4.69, 9.17) is 19.9 Å². The summed E-state index contributed by atoms with van der Waals surface area (Å²) in [5.74, 6) is 1.64. The molecule has 0 aliphatic carbocycles. The van der Waals surface area contributed by atoms with Gasteiger partial charge in [-0.1, -0.05) is 31.2 Å². The molecule has 1 heterocycles. The molecule has 7 heteroatoms. The second-order valence-electron chi connectivity index (χ2n) is 8.09. The Labute approximate surface area is 211 Å². The monoisotopic (exact) mass is 480 g/mol. The number of rotatable bonds is 8. The summed E-state index contributed by atoms with van der Waals surface area (Å²) in [4.78, 5) is 4.49. The average Bonchev–Trinajstić information content (AvgIpc) is 2.92. The lowest BCUT2D eigenvalue weighted by Gasteiger charge is -2.15. The van der Waals surface area contributed by atoms with E-state index in [9.17, 15) is 5.26 Å². The number of anilines is 3. The lowest BCUT2D eigenvalue weighted by Crippen LogP contribution is -2.01. The predicted octanol–water partition coefficient (Wildman–Crippen LogP) is 6.20. The number of ether oxygens (including phenoxy) is 3. The molecule has 4 rings (SSSR count). The molecule has 3 aromatic carbocycles. The summed E-state index contributed by atoms with van der Waals surface area (Å²) in [6, 6.07) is 23.9. The first-order valence-electron chi connectivity index (χ1n) is 11.5. The van der Waals surface area contributed by atoms with Gasteiger partial charge < -0.3 is 25.3 Å². The lowest BCUT2D eigenvalue weighted by molar-refractivity contribution is 0.324. The van der Waals surface area contributed by atoms with Crippen LogP contribution in [0.4, 0.5) is 17.2 Å². The lowest BCUT2D eigenvalue weighted by atomic mass is 9.98. The number of benzene rings is 3. The molecule has 0 fully saturated rings. The molecule has 0 spiro atoms. The quantitative estimate of drug-likeness (QED) is 0.309. The molecule has 7 nitrogen and oxygen atoms in total. The first-order valence-corrected chi connectivity index (χ1v) is 11.5. The third-order valence-electron chi connectivity index (χ3n) is 5.97. The Morgan fingerprint density at radius 1 is 0.833 bits per heavy atom. The maximum absolute atomic E-state index is 9.81. The summed E-state index contributed by atoms with van der Waals surface area (Å²) >= 11 is 0. The Hall–Kier alpha value is -4.70. The number of hydrogen-bond donors (Lipinski definition) is 2. The molecule has 0 unspecified atom stereocenters. The van der Waals surface area contributed by atoms with Crippen molar-refractivity contribution in [3.05, 3.63) is 77.9 Å². The molecule has 0 atom stereocenters. The number of hydrogen-bond acceptors (Lipinski definition) is 7. The van der Waals surface area contributed by atoms with Crippen molar-refractivity contribution in [1.29, 1.82) is 5.26 Å². The van der Waals surface area contributed by atoms with Crippen molar-refractivity contribution in [2.45, 2.75) is 13.3 Å². The van der Waals surface area contributed by atoms with Gasteiger partial charge in [-0.2, -0.15) is 5.26 Å². The number of pyridine rings is 1. The molecule has 0 amide bonds. The van der Waals surface area contributed by atoms with Crippen molar-refractivity contribution in [2.75, 3.05) is 32.4 Å². The van der Waals surface area contributed by atoms with E-state index in [-0.39, 0.29) is 5.82 Å². The van der Waals surface area contributed by atoms with Crippen molar-refractivity contribution in [3.63, 3.8) is 0 Å². The van der Waals surface area contributed by atoms with Crippen molar-refractivity contribution in [3.8, 4) is 45.7 Å². The Morgan fingerprint density at radius 3 is 1.92 bits per heavy atom. The molecule has 3 N–H and O–H groups in total. The van der Waals surface area contributed by atoms with Gasteiger partial charge in [0.1, 0.15) is 17.5 Å². The molecule has 0 bridgehead atoms. The second kappa shape index (κ2) is 10.7. The molecular weight excluding hydrogens is 452 g/mol. The summed E-state index contributed by atoms with van der Waals surface area (Å²) in [6.07, 6.45) is 1.00. The molecule has 4 aromatic rings. The number of nitrogens with zero attached hydrogens (tertiary/aromatic N) is 2. The highest BCUT2D eigenvalue weighted by Gasteiger charge is 2.18. The first kappa shape index (κ1) is 24.4. The maximum atomic E-state index is 9.81. The van der Waals surface area contributed by atoms with E-state index in [1.165, 1.54) is 5.56 Å². The van der Waals surface area contributed by atoms with Gasteiger partial charge in [-0.3, -0.25) is 0 Å². The molecule has 0 radical (unpaired) electrons. The average molecular weight is 481 g/mol. The van der Waals surface area contributed by atoms with Gasteiger partial charge in [-0.15, -0.1) is 0 Å². The summed E-state index contributed by atoms with van der Waals surface area (Å²) in [6.45, 7) is 2.13. The van der Waals surface area contributed by atoms with Gasteiger partial charge >= 0.3 is 0 Å². The van der Waals surface area contributed by atoms with E-state index >= 15 is 0 Å². The fourth-order valence-electron chi connectivity index (χ4n) is 4.01. The molecule has 0 saturated heterocycles. The fourth-order valence-corrected chi connectivity index (χ4v) is 4.01. The topological polar surface area (TPSA) is 102 Å². The minimum atomic E-state index is 0.150. The fraction of sp³-hybridized carbons (Fsp3) is 0.172. The zero-order chi connectivity index (χ0) is 25.7. The highest BCUT2D eigenvalue weighted by Crippen LogP contribution is 2.42. The van der Waals surface area contributed by atoms with Crippen LogP contribution in [0.3, 0.4) is 0 Å². The SMILES string of the molecule is CCc1ccc(Nc2ccc(-c3cc(-c4cc(OC)c(OC)c(OC)c4)nc(N)c3C#N)cc2)cc1. The van der Waals surface area contributed by atoms with E-state index in [1.807, 2.05) is 30.3 Å².